The van der Waals surface area contributed by atoms with Crippen LogP contribution in [-0.2, 0) is 14.0 Å². The Morgan fingerprint density at radius 1 is 0.667 bits per heavy atom. The maximum absolute atomic E-state index is 6.19. The molecule has 0 aromatic rings. The van der Waals surface area contributed by atoms with Crippen molar-refractivity contribution in [3.8, 4) is 0 Å². The number of thiol groups is 2. The summed E-state index contributed by atoms with van der Waals surface area (Å²) in [6.07, 6.45) is 13.8. The van der Waals surface area contributed by atoms with Gasteiger partial charge in [0, 0.05) is 0 Å². The predicted octanol–water partition coefficient (Wildman–Crippen LogP) is 7.35. The van der Waals surface area contributed by atoms with E-state index in [0.717, 1.165) is 44.3 Å². The minimum absolute atomic E-state index is 0.0972. The summed E-state index contributed by atoms with van der Waals surface area (Å²) < 4.78 is 18.0. The normalized spacial score (nSPS) is 14.9. The van der Waals surface area contributed by atoms with E-state index in [1.807, 2.05) is 11.8 Å². The minimum atomic E-state index is -0.693. The lowest BCUT2D eigenvalue weighted by atomic mass is 10.1. The third-order valence-corrected chi connectivity index (χ3v) is 6.20. The molecule has 3 nitrogen and oxygen atoms in total. The van der Waals surface area contributed by atoms with Crippen LogP contribution in [0.25, 0.3) is 0 Å². The zero-order chi connectivity index (χ0) is 20.3. The Morgan fingerprint density at radius 3 is 1.70 bits per heavy atom. The first-order chi connectivity index (χ1) is 13.1. The summed E-state index contributed by atoms with van der Waals surface area (Å²) in [6, 6.07) is 0. The fraction of sp³-hybridized carbons (Fsp3) is 1.00. The zero-order valence-electron chi connectivity index (χ0n) is 18.0. The molecule has 0 rings (SSSR count). The maximum atomic E-state index is 6.19. The highest BCUT2D eigenvalue weighted by atomic mass is 32.2. The third kappa shape index (κ3) is 17.6. The largest absolute Gasteiger partial charge is 0.641 e. The van der Waals surface area contributed by atoms with E-state index in [9.17, 15) is 0 Å². The van der Waals surface area contributed by atoms with E-state index in [1.54, 1.807) is 0 Å². The molecule has 0 bridgehead atoms. The van der Waals surface area contributed by atoms with Crippen LogP contribution in [0, 0.1) is 0 Å². The topological polar surface area (TPSA) is 27.7 Å². The fourth-order valence-corrected chi connectivity index (χ4v) is 4.55. The van der Waals surface area contributed by atoms with Crippen LogP contribution >= 0.6 is 37.0 Å². The molecule has 0 heterocycles. The summed E-state index contributed by atoms with van der Waals surface area (Å²) in [7, 11) is -0.693. The zero-order valence-corrected chi connectivity index (χ0v) is 20.6. The molecule has 0 fully saturated rings. The van der Waals surface area contributed by atoms with Gasteiger partial charge < -0.3 is 14.0 Å². The molecule has 0 N–H and O–H groups in total. The van der Waals surface area contributed by atoms with Gasteiger partial charge in [0.05, 0.1) is 16.3 Å². The summed E-state index contributed by atoms with van der Waals surface area (Å²) in [5.41, 5.74) is -0.249. The highest BCUT2D eigenvalue weighted by Gasteiger charge is 2.30. The van der Waals surface area contributed by atoms with E-state index in [0.29, 0.717) is 0 Å². The standard InChI is InChI=1S/C20H43BO3S3/c1-5-9-10-11-12-13-17-27-20(16-8-4)24-21(22-18(25)14-6-2)23-19(26)15-7-3/h18-20,25-26H,5-17H2,1-4H3. The molecule has 3 atom stereocenters. The van der Waals surface area contributed by atoms with Gasteiger partial charge in [-0.1, -0.05) is 79.1 Å². The van der Waals surface area contributed by atoms with E-state index in [-0.39, 0.29) is 16.3 Å². The number of hydrogen-bond donors (Lipinski definition) is 2. The monoisotopic (exact) mass is 438 g/mol. The second-order valence-electron chi connectivity index (χ2n) is 7.04. The van der Waals surface area contributed by atoms with Crippen molar-refractivity contribution in [2.24, 2.45) is 0 Å². The molecule has 0 spiro atoms. The van der Waals surface area contributed by atoms with Crippen molar-refractivity contribution >= 4 is 44.3 Å². The van der Waals surface area contributed by atoms with Crippen molar-refractivity contribution < 1.29 is 14.0 Å². The van der Waals surface area contributed by atoms with E-state index in [4.69, 9.17) is 14.0 Å². The van der Waals surface area contributed by atoms with E-state index >= 15 is 0 Å². The van der Waals surface area contributed by atoms with Gasteiger partial charge in [-0.2, -0.15) is 0 Å². The predicted molar refractivity (Wildman–Crippen MR) is 129 cm³/mol. The van der Waals surface area contributed by atoms with Crippen LogP contribution in [0.2, 0.25) is 0 Å². The molecule has 7 heteroatoms. The van der Waals surface area contributed by atoms with Crippen molar-refractivity contribution in [3.05, 3.63) is 0 Å². The Bertz CT molecular complexity index is 300. The van der Waals surface area contributed by atoms with E-state index in [1.165, 1.54) is 38.5 Å². The quantitative estimate of drug-likeness (QED) is 0.0899. The molecule has 0 aromatic heterocycles. The van der Waals surface area contributed by atoms with Gasteiger partial charge in [0.25, 0.3) is 0 Å². The molecule has 0 aliphatic rings. The molecule has 0 radical (unpaired) electrons. The average molecular weight is 439 g/mol. The first-order valence-electron chi connectivity index (χ1n) is 11.0. The molecule has 27 heavy (non-hydrogen) atoms. The molecule has 0 amide bonds. The molecule has 0 aromatic carbocycles. The van der Waals surface area contributed by atoms with Crippen LogP contribution in [0.4, 0.5) is 0 Å². The number of unbranched alkanes of at least 4 members (excludes halogenated alkanes) is 5. The first-order valence-corrected chi connectivity index (χ1v) is 13.1. The number of thioether (sulfide) groups is 1. The minimum Gasteiger partial charge on any atom is -0.374 e. The Morgan fingerprint density at radius 2 is 1.19 bits per heavy atom. The Balaban J connectivity index is 4.42. The average Bonchev–Trinajstić information content (AvgIpc) is 2.61. The fourth-order valence-electron chi connectivity index (χ4n) is 2.63. The van der Waals surface area contributed by atoms with Gasteiger partial charge in [-0.05, 0) is 31.4 Å². The second-order valence-corrected chi connectivity index (χ2v) is 9.46. The molecular formula is C20H43BO3S3. The van der Waals surface area contributed by atoms with Gasteiger partial charge >= 0.3 is 7.32 Å². The summed E-state index contributed by atoms with van der Waals surface area (Å²) in [5, 5.41) is 0. The van der Waals surface area contributed by atoms with Gasteiger partial charge in [0.1, 0.15) is 0 Å². The molecular weight excluding hydrogens is 395 g/mol. The summed E-state index contributed by atoms with van der Waals surface area (Å²) >= 11 is 10.9. The molecule has 3 unspecified atom stereocenters. The summed E-state index contributed by atoms with van der Waals surface area (Å²) in [6.45, 7) is 8.69. The smallest absolute Gasteiger partial charge is 0.374 e. The van der Waals surface area contributed by atoms with Crippen molar-refractivity contribution in [2.75, 3.05) is 5.75 Å². The van der Waals surface area contributed by atoms with Gasteiger partial charge in [-0.3, -0.25) is 0 Å². The summed E-state index contributed by atoms with van der Waals surface area (Å²) in [4.78, 5) is 0. The van der Waals surface area contributed by atoms with Crippen LogP contribution in [0.3, 0.4) is 0 Å². The van der Waals surface area contributed by atoms with Crippen LogP contribution in [-0.4, -0.2) is 29.4 Å². The lowest BCUT2D eigenvalue weighted by molar-refractivity contribution is 0.0640. The van der Waals surface area contributed by atoms with E-state index < -0.39 is 7.32 Å². The lowest BCUT2D eigenvalue weighted by Gasteiger charge is -2.25. The highest BCUT2D eigenvalue weighted by molar-refractivity contribution is 7.99. The van der Waals surface area contributed by atoms with Crippen molar-refractivity contribution in [1.29, 1.82) is 0 Å². The van der Waals surface area contributed by atoms with Crippen molar-refractivity contribution in [3.63, 3.8) is 0 Å². The van der Waals surface area contributed by atoms with Crippen LogP contribution in [0.1, 0.15) is 105 Å². The molecule has 162 valence electrons. The van der Waals surface area contributed by atoms with Crippen molar-refractivity contribution in [1.82, 2.24) is 0 Å². The number of hydrogen-bond acceptors (Lipinski definition) is 6. The van der Waals surface area contributed by atoms with Crippen molar-refractivity contribution in [2.45, 2.75) is 121 Å². The molecule has 0 aliphatic heterocycles. The summed E-state index contributed by atoms with van der Waals surface area (Å²) in [5.74, 6) is 1.13. The SMILES string of the molecule is CCCCCCCCSC(CCC)OB(OC(S)CCC)OC(S)CCC. The molecule has 0 saturated carbocycles. The van der Waals surface area contributed by atoms with Gasteiger partial charge in [-0.25, -0.2) is 0 Å². The number of rotatable bonds is 20. The third-order valence-electron chi connectivity index (χ3n) is 4.20. The van der Waals surface area contributed by atoms with Crippen LogP contribution < -0.4 is 0 Å². The maximum Gasteiger partial charge on any atom is 0.641 e. The van der Waals surface area contributed by atoms with Crippen LogP contribution in [0.5, 0.6) is 0 Å². The van der Waals surface area contributed by atoms with Gasteiger partial charge in [-0.15, -0.1) is 37.0 Å². The Labute approximate surface area is 184 Å². The second kappa shape index (κ2) is 20.3. The van der Waals surface area contributed by atoms with Crippen LogP contribution in [0.15, 0.2) is 0 Å². The van der Waals surface area contributed by atoms with E-state index in [2.05, 4.69) is 53.0 Å². The Hall–Kier alpha value is 0.995. The first kappa shape index (κ1) is 28.0. The van der Waals surface area contributed by atoms with Gasteiger partial charge in [0.2, 0.25) is 0 Å². The Kier molecular flexibility index (Phi) is 21.0. The lowest BCUT2D eigenvalue weighted by Crippen LogP contribution is -2.36. The highest BCUT2D eigenvalue weighted by Crippen LogP contribution is 2.24. The van der Waals surface area contributed by atoms with Gasteiger partial charge in [0.15, 0.2) is 0 Å². The molecule has 0 saturated heterocycles. The molecule has 0 aliphatic carbocycles.